The SMILES string of the molecule is CC(O)N(O)CCCCCNC(=O)CCC(O)N(O)CCCCCNC(=O)CCC(O)N(C)O. The van der Waals surface area contributed by atoms with Crippen molar-refractivity contribution in [3.05, 3.63) is 0 Å². The topological polar surface area (TPSA) is 189 Å². The van der Waals surface area contributed by atoms with Crippen molar-refractivity contribution in [2.24, 2.45) is 0 Å². The van der Waals surface area contributed by atoms with Crippen LogP contribution in [-0.2, 0) is 9.59 Å². The Kier molecular flexibility index (Phi) is 19.0. The van der Waals surface area contributed by atoms with Crippen molar-refractivity contribution >= 4 is 11.8 Å². The highest BCUT2D eigenvalue weighted by atomic mass is 16.5. The third-order valence-electron chi connectivity index (χ3n) is 5.24. The summed E-state index contributed by atoms with van der Waals surface area (Å²) in [5.74, 6) is -0.430. The van der Waals surface area contributed by atoms with Gasteiger partial charge in [0.2, 0.25) is 11.8 Å². The number of aliphatic hydroxyl groups is 3. The fraction of sp³-hybridized carbons (Fsp3) is 0.905. The lowest BCUT2D eigenvalue weighted by atomic mass is 10.2. The van der Waals surface area contributed by atoms with Crippen molar-refractivity contribution in [2.45, 2.75) is 89.8 Å². The number of hydrogen-bond donors (Lipinski definition) is 8. The lowest BCUT2D eigenvalue weighted by molar-refractivity contribution is -0.198. The summed E-state index contributed by atoms with van der Waals surface area (Å²) in [6.07, 6.45) is 1.50. The lowest BCUT2D eigenvalue weighted by Crippen LogP contribution is -2.35. The van der Waals surface area contributed by atoms with Crippen LogP contribution in [0.25, 0.3) is 0 Å². The van der Waals surface area contributed by atoms with Gasteiger partial charge < -0.3 is 41.6 Å². The first-order valence-corrected chi connectivity index (χ1v) is 11.9. The van der Waals surface area contributed by atoms with Gasteiger partial charge in [-0.15, -0.1) is 0 Å². The van der Waals surface area contributed by atoms with E-state index in [4.69, 9.17) is 10.3 Å². The highest BCUT2D eigenvalue weighted by molar-refractivity contribution is 5.76. The number of rotatable bonds is 21. The zero-order chi connectivity index (χ0) is 25.9. The van der Waals surface area contributed by atoms with E-state index in [2.05, 4.69) is 10.6 Å². The number of carbonyl (C=O) groups is 2. The van der Waals surface area contributed by atoms with Gasteiger partial charge in [0.15, 0.2) is 0 Å². The summed E-state index contributed by atoms with van der Waals surface area (Å²) >= 11 is 0. The van der Waals surface area contributed by atoms with E-state index in [-0.39, 0.29) is 44.0 Å². The molecule has 202 valence electrons. The Morgan fingerprint density at radius 2 is 1.15 bits per heavy atom. The largest absolute Gasteiger partial charge is 0.377 e. The second-order valence-electron chi connectivity index (χ2n) is 8.39. The molecule has 13 nitrogen and oxygen atoms in total. The predicted octanol–water partition coefficient (Wildman–Crippen LogP) is -0.202. The Morgan fingerprint density at radius 3 is 1.59 bits per heavy atom. The Labute approximate surface area is 201 Å². The van der Waals surface area contributed by atoms with Crippen LogP contribution in [0.15, 0.2) is 0 Å². The van der Waals surface area contributed by atoms with Gasteiger partial charge in [-0.25, -0.2) is 0 Å². The first-order chi connectivity index (χ1) is 16.0. The molecule has 0 aromatic rings. The predicted molar refractivity (Wildman–Crippen MR) is 122 cm³/mol. The first-order valence-electron chi connectivity index (χ1n) is 11.9. The standard InChI is InChI=1S/C21H45N5O8/c1-17(27)25(33)15-7-3-5-13-23-19(29)10-12-21(31)26(34)16-8-4-6-14-22-18(28)9-11-20(30)24(2)32/h17,20-21,27,30-34H,3-16H2,1-2H3,(H,22,28)(H,23,29). The van der Waals surface area contributed by atoms with Crippen LogP contribution in [0.3, 0.4) is 0 Å². The van der Waals surface area contributed by atoms with Gasteiger partial charge in [0.05, 0.1) is 0 Å². The molecule has 8 N–H and O–H groups in total. The molecule has 0 bridgehead atoms. The fourth-order valence-corrected chi connectivity index (χ4v) is 2.98. The number of carbonyl (C=O) groups excluding carboxylic acids is 2. The average Bonchev–Trinajstić information content (AvgIpc) is 2.79. The minimum atomic E-state index is -1.14. The molecule has 13 heteroatoms. The molecule has 0 aliphatic heterocycles. The van der Waals surface area contributed by atoms with Crippen molar-refractivity contribution in [2.75, 3.05) is 33.2 Å². The lowest BCUT2D eigenvalue weighted by Gasteiger charge is -2.21. The van der Waals surface area contributed by atoms with Gasteiger partial charge in [-0.05, 0) is 45.4 Å². The van der Waals surface area contributed by atoms with Crippen LogP contribution in [0, 0.1) is 0 Å². The van der Waals surface area contributed by atoms with Crippen molar-refractivity contribution < 1.29 is 40.5 Å². The molecule has 0 aliphatic rings. The van der Waals surface area contributed by atoms with Crippen LogP contribution in [-0.4, -0.2) is 110 Å². The number of nitrogens with zero attached hydrogens (tertiary/aromatic N) is 3. The van der Waals surface area contributed by atoms with Gasteiger partial charge >= 0.3 is 0 Å². The number of hydroxylamine groups is 6. The monoisotopic (exact) mass is 495 g/mol. The molecule has 0 heterocycles. The smallest absolute Gasteiger partial charge is 0.220 e. The molecule has 34 heavy (non-hydrogen) atoms. The second-order valence-corrected chi connectivity index (χ2v) is 8.39. The van der Waals surface area contributed by atoms with E-state index in [9.17, 15) is 30.2 Å². The van der Waals surface area contributed by atoms with E-state index in [1.165, 1.54) is 14.0 Å². The summed E-state index contributed by atoms with van der Waals surface area (Å²) in [6.45, 7) is 3.00. The molecule has 0 fully saturated rings. The number of amides is 2. The quantitative estimate of drug-likeness (QED) is 0.0598. The van der Waals surface area contributed by atoms with Crippen molar-refractivity contribution in [1.29, 1.82) is 0 Å². The van der Waals surface area contributed by atoms with E-state index in [1.54, 1.807) is 0 Å². The molecule has 2 amide bonds. The third kappa shape index (κ3) is 18.0. The van der Waals surface area contributed by atoms with Crippen molar-refractivity contribution in [1.82, 2.24) is 25.8 Å². The van der Waals surface area contributed by atoms with E-state index in [0.29, 0.717) is 44.0 Å². The summed E-state index contributed by atoms with van der Waals surface area (Å²) in [7, 11) is 1.30. The second kappa shape index (κ2) is 19.8. The first kappa shape index (κ1) is 32.6. The van der Waals surface area contributed by atoms with Crippen LogP contribution in [0.2, 0.25) is 0 Å². The summed E-state index contributed by atoms with van der Waals surface area (Å²) in [4.78, 5) is 23.5. The zero-order valence-corrected chi connectivity index (χ0v) is 20.5. The Morgan fingerprint density at radius 1 is 0.706 bits per heavy atom. The molecule has 0 rings (SSSR count). The highest BCUT2D eigenvalue weighted by Gasteiger charge is 2.15. The van der Waals surface area contributed by atoms with Crippen molar-refractivity contribution in [3.8, 4) is 0 Å². The van der Waals surface area contributed by atoms with Crippen LogP contribution >= 0.6 is 0 Å². The van der Waals surface area contributed by atoms with E-state index < -0.39 is 18.7 Å². The van der Waals surface area contributed by atoms with Gasteiger partial charge in [0, 0.05) is 46.1 Å². The van der Waals surface area contributed by atoms with E-state index >= 15 is 0 Å². The van der Waals surface area contributed by atoms with Crippen LogP contribution in [0.4, 0.5) is 0 Å². The maximum absolute atomic E-state index is 11.8. The minimum absolute atomic E-state index is 0.0808. The van der Waals surface area contributed by atoms with Gasteiger partial charge in [-0.2, -0.15) is 15.2 Å². The molecular formula is C21H45N5O8. The minimum Gasteiger partial charge on any atom is -0.377 e. The highest BCUT2D eigenvalue weighted by Crippen LogP contribution is 2.06. The molecule has 0 saturated heterocycles. The van der Waals surface area contributed by atoms with Crippen LogP contribution in [0.1, 0.15) is 71.1 Å². The summed E-state index contributed by atoms with van der Waals surface area (Å²) in [5, 5.41) is 64.5. The van der Waals surface area contributed by atoms with E-state index in [1.807, 2.05) is 0 Å². The molecule has 0 aromatic carbocycles. The summed E-state index contributed by atoms with van der Waals surface area (Å²) in [6, 6.07) is 0. The Balaban J connectivity index is 3.68. The Bertz CT molecular complexity index is 541. The van der Waals surface area contributed by atoms with E-state index in [0.717, 1.165) is 29.4 Å². The number of unbranched alkanes of at least 4 members (excludes halogenated alkanes) is 4. The maximum atomic E-state index is 11.8. The third-order valence-corrected chi connectivity index (χ3v) is 5.24. The normalized spacial score (nSPS) is 14.4. The maximum Gasteiger partial charge on any atom is 0.220 e. The van der Waals surface area contributed by atoms with Crippen LogP contribution < -0.4 is 10.6 Å². The molecular weight excluding hydrogens is 450 g/mol. The number of aliphatic hydroxyl groups excluding tert-OH is 3. The molecule has 3 unspecified atom stereocenters. The fourth-order valence-electron chi connectivity index (χ4n) is 2.98. The molecule has 0 aliphatic carbocycles. The molecule has 3 atom stereocenters. The average molecular weight is 496 g/mol. The van der Waals surface area contributed by atoms with Crippen LogP contribution in [0.5, 0.6) is 0 Å². The zero-order valence-electron chi connectivity index (χ0n) is 20.5. The molecule has 0 saturated carbocycles. The van der Waals surface area contributed by atoms with Gasteiger partial charge in [0.25, 0.3) is 0 Å². The number of hydrogen-bond acceptors (Lipinski definition) is 11. The summed E-state index contributed by atoms with van der Waals surface area (Å²) in [5.41, 5.74) is 0. The molecule has 0 spiro atoms. The number of nitrogens with one attached hydrogen (secondary N) is 2. The van der Waals surface area contributed by atoms with Gasteiger partial charge in [-0.3, -0.25) is 9.59 Å². The summed E-state index contributed by atoms with van der Waals surface area (Å²) < 4.78 is 0. The Hall–Kier alpha value is -1.42. The van der Waals surface area contributed by atoms with Crippen molar-refractivity contribution in [3.63, 3.8) is 0 Å². The van der Waals surface area contributed by atoms with Gasteiger partial charge in [0.1, 0.15) is 18.7 Å². The van der Waals surface area contributed by atoms with Gasteiger partial charge in [-0.1, -0.05) is 12.8 Å². The molecule has 0 aromatic heterocycles. The molecule has 0 radical (unpaired) electrons.